The van der Waals surface area contributed by atoms with E-state index in [2.05, 4.69) is 10.2 Å². The number of aromatic nitrogens is 2. The summed E-state index contributed by atoms with van der Waals surface area (Å²) in [7, 11) is 0. The maximum absolute atomic E-state index is 12.0. The molecule has 5 nitrogen and oxygen atoms in total. The molecule has 1 fully saturated rings. The number of carbonyl (C=O) groups excluding carboxylic acids is 1. The molecule has 2 rings (SSSR count). The number of nitrogens with zero attached hydrogens (tertiary/aromatic N) is 2. The zero-order valence-corrected chi connectivity index (χ0v) is 8.95. The number of H-pyrrole nitrogens is 1. The van der Waals surface area contributed by atoms with Crippen LogP contribution in [0.4, 0.5) is 0 Å². The van der Waals surface area contributed by atoms with Crippen LogP contribution in [0.5, 0.6) is 0 Å². The third-order valence-corrected chi connectivity index (χ3v) is 2.91. The van der Waals surface area contributed by atoms with E-state index in [1.165, 1.54) is 0 Å². The Morgan fingerprint density at radius 2 is 2.33 bits per heavy atom. The number of amides is 1. The standard InChI is InChI=1S/C10H15N3O2/c1-6-7(2)11-12-9(6)10(15)13-4-3-8(14)5-13/h8,14H,3-5H2,1-2H3,(H,11,12)/t8-/m1/s1. The minimum absolute atomic E-state index is 0.0894. The Hall–Kier alpha value is -1.36. The summed E-state index contributed by atoms with van der Waals surface area (Å²) in [6.07, 6.45) is 0.281. The van der Waals surface area contributed by atoms with E-state index < -0.39 is 0 Å². The van der Waals surface area contributed by atoms with Gasteiger partial charge in [0, 0.05) is 24.3 Å². The average molecular weight is 209 g/mol. The maximum Gasteiger partial charge on any atom is 0.274 e. The number of nitrogens with one attached hydrogen (secondary N) is 1. The van der Waals surface area contributed by atoms with Crippen molar-refractivity contribution in [3.63, 3.8) is 0 Å². The van der Waals surface area contributed by atoms with E-state index in [9.17, 15) is 9.90 Å². The molecule has 0 unspecified atom stereocenters. The van der Waals surface area contributed by atoms with E-state index in [0.29, 0.717) is 25.2 Å². The molecule has 5 heteroatoms. The van der Waals surface area contributed by atoms with Crippen molar-refractivity contribution in [2.45, 2.75) is 26.4 Å². The Balaban J connectivity index is 2.18. The molecule has 0 spiro atoms. The van der Waals surface area contributed by atoms with E-state index in [4.69, 9.17) is 0 Å². The van der Waals surface area contributed by atoms with E-state index in [-0.39, 0.29) is 12.0 Å². The average Bonchev–Trinajstić information content (AvgIpc) is 2.75. The molecule has 1 aromatic rings. The Morgan fingerprint density at radius 1 is 1.60 bits per heavy atom. The highest BCUT2D eigenvalue weighted by molar-refractivity contribution is 5.94. The summed E-state index contributed by atoms with van der Waals surface area (Å²) in [6.45, 7) is 4.80. The second kappa shape index (κ2) is 3.66. The summed E-state index contributed by atoms with van der Waals surface area (Å²) in [4.78, 5) is 13.6. The van der Waals surface area contributed by atoms with Gasteiger partial charge in [-0.05, 0) is 20.3 Å². The highest BCUT2D eigenvalue weighted by atomic mass is 16.3. The second-order valence-electron chi connectivity index (χ2n) is 4.02. The van der Waals surface area contributed by atoms with Crippen LogP contribution >= 0.6 is 0 Å². The third-order valence-electron chi connectivity index (χ3n) is 2.91. The van der Waals surface area contributed by atoms with Gasteiger partial charge in [-0.15, -0.1) is 0 Å². The molecule has 1 aliphatic heterocycles. The number of hydrogen-bond donors (Lipinski definition) is 2. The molecular weight excluding hydrogens is 194 g/mol. The number of likely N-dealkylation sites (tertiary alicyclic amines) is 1. The third kappa shape index (κ3) is 1.74. The Bertz CT molecular complexity index is 386. The van der Waals surface area contributed by atoms with Gasteiger partial charge in [-0.1, -0.05) is 0 Å². The quantitative estimate of drug-likeness (QED) is 0.695. The van der Waals surface area contributed by atoms with Gasteiger partial charge in [0.05, 0.1) is 6.10 Å². The van der Waals surface area contributed by atoms with Crippen LogP contribution in [-0.4, -0.2) is 45.3 Å². The fraction of sp³-hybridized carbons (Fsp3) is 0.600. The Labute approximate surface area is 88.1 Å². The van der Waals surface area contributed by atoms with Crippen molar-refractivity contribution < 1.29 is 9.90 Å². The Kier molecular flexibility index (Phi) is 2.48. The highest BCUT2D eigenvalue weighted by Crippen LogP contribution is 2.15. The van der Waals surface area contributed by atoms with Crippen LogP contribution in [0.1, 0.15) is 28.2 Å². The lowest BCUT2D eigenvalue weighted by atomic mass is 10.2. The van der Waals surface area contributed by atoms with Gasteiger partial charge in [-0.2, -0.15) is 5.10 Å². The van der Waals surface area contributed by atoms with Crippen LogP contribution in [0.15, 0.2) is 0 Å². The number of aryl methyl sites for hydroxylation is 1. The smallest absolute Gasteiger partial charge is 0.274 e. The van der Waals surface area contributed by atoms with Crippen LogP contribution in [0.3, 0.4) is 0 Å². The number of β-amino-alcohol motifs (C(OH)–C–C–N with tert-alkyl or cyclic N) is 1. The van der Waals surface area contributed by atoms with Crippen molar-refractivity contribution in [1.29, 1.82) is 0 Å². The first-order valence-electron chi connectivity index (χ1n) is 5.08. The highest BCUT2D eigenvalue weighted by Gasteiger charge is 2.27. The molecular formula is C10H15N3O2. The van der Waals surface area contributed by atoms with Crippen LogP contribution in [-0.2, 0) is 0 Å². The van der Waals surface area contributed by atoms with E-state index in [1.54, 1.807) is 4.90 Å². The van der Waals surface area contributed by atoms with Gasteiger partial charge in [-0.25, -0.2) is 0 Å². The summed E-state index contributed by atoms with van der Waals surface area (Å²) in [5.41, 5.74) is 2.28. The molecule has 1 amide bonds. The number of aromatic amines is 1. The normalized spacial score (nSPS) is 21.0. The molecule has 15 heavy (non-hydrogen) atoms. The van der Waals surface area contributed by atoms with Crippen LogP contribution in [0.2, 0.25) is 0 Å². The number of rotatable bonds is 1. The summed E-state index contributed by atoms with van der Waals surface area (Å²) in [5, 5.41) is 16.1. The van der Waals surface area contributed by atoms with Gasteiger partial charge in [0.15, 0.2) is 5.69 Å². The summed E-state index contributed by atoms with van der Waals surface area (Å²) in [6, 6.07) is 0. The van der Waals surface area contributed by atoms with Gasteiger partial charge < -0.3 is 10.0 Å². The molecule has 82 valence electrons. The summed E-state index contributed by atoms with van der Waals surface area (Å²) >= 11 is 0. The van der Waals surface area contributed by atoms with Gasteiger partial charge in [0.2, 0.25) is 0 Å². The van der Waals surface area contributed by atoms with E-state index in [1.807, 2.05) is 13.8 Å². The minimum Gasteiger partial charge on any atom is -0.391 e. The lowest BCUT2D eigenvalue weighted by molar-refractivity contribution is 0.0758. The number of carbonyl (C=O) groups is 1. The van der Waals surface area contributed by atoms with Crippen LogP contribution < -0.4 is 0 Å². The molecule has 0 bridgehead atoms. The van der Waals surface area contributed by atoms with Crippen LogP contribution in [0.25, 0.3) is 0 Å². The number of aliphatic hydroxyl groups is 1. The monoisotopic (exact) mass is 209 g/mol. The topological polar surface area (TPSA) is 69.2 Å². The zero-order valence-electron chi connectivity index (χ0n) is 8.95. The van der Waals surface area contributed by atoms with Crippen molar-refractivity contribution in [3.8, 4) is 0 Å². The van der Waals surface area contributed by atoms with Crippen molar-refractivity contribution >= 4 is 5.91 Å². The van der Waals surface area contributed by atoms with Crippen molar-refractivity contribution in [2.24, 2.45) is 0 Å². The number of hydrogen-bond acceptors (Lipinski definition) is 3. The largest absolute Gasteiger partial charge is 0.391 e. The van der Waals surface area contributed by atoms with Gasteiger partial charge in [0.25, 0.3) is 5.91 Å². The maximum atomic E-state index is 12.0. The van der Waals surface area contributed by atoms with Gasteiger partial charge in [-0.3, -0.25) is 9.89 Å². The molecule has 0 radical (unpaired) electrons. The first-order valence-corrected chi connectivity index (χ1v) is 5.08. The molecule has 0 aromatic carbocycles. The SMILES string of the molecule is Cc1[nH]nc(C(=O)N2CC[C@@H](O)C2)c1C. The predicted octanol–water partition coefficient (Wildman–Crippen LogP) is 0.233. The summed E-state index contributed by atoms with van der Waals surface area (Å²) in [5.74, 6) is -0.0894. The molecule has 0 aliphatic carbocycles. The first kappa shape index (κ1) is 10.2. The second-order valence-corrected chi connectivity index (χ2v) is 4.02. The van der Waals surface area contributed by atoms with Crippen molar-refractivity contribution in [3.05, 3.63) is 17.0 Å². The lowest BCUT2D eigenvalue weighted by Crippen LogP contribution is -2.30. The predicted molar refractivity (Wildman–Crippen MR) is 54.6 cm³/mol. The molecule has 1 aromatic heterocycles. The van der Waals surface area contributed by atoms with Crippen molar-refractivity contribution in [1.82, 2.24) is 15.1 Å². The van der Waals surface area contributed by atoms with Gasteiger partial charge in [0.1, 0.15) is 0 Å². The summed E-state index contributed by atoms with van der Waals surface area (Å²) < 4.78 is 0. The fourth-order valence-corrected chi connectivity index (χ4v) is 1.77. The lowest BCUT2D eigenvalue weighted by Gasteiger charge is -2.14. The molecule has 1 saturated heterocycles. The molecule has 2 heterocycles. The molecule has 2 N–H and O–H groups in total. The van der Waals surface area contributed by atoms with E-state index >= 15 is 0 Å². The van der Waals surface area contributed by atoms with Crippen LogP contribution in [0, 0.1) is 13.8 Å². The number of aliphatic hydroxyl groups excluding tert-OH is 1. The fourth-order valence-electron chi connectivity index (χ4n) is 1.77. The van der Waals surface area contributed by atoms with Gasteiger partial charge >= 0.3 is 0 Å². The van der Waals surface area contributed by atoms with E-state index in [0.717, 1.165) is 11.3 Å². The minimum atomic E-state index is -0.380. The first-order chi connectivity index (χ1) is 7.09. The molecule has 0 saturated carbocycles. The Morgan fingerprint density at radius 3 is 2.80 bits per heavy atom. The molecule has 1 aliphatic rings. The zero-order chi connectivity index (χ0) is 11.0. The van der Waals surface area contributed by atoms with Crippen molar-refractivity contribution in [2.75, 3.05) is 13.1 Å². The molecule has 1 atom stereocenters.